The summed E-state index contributed by atoms with van der Waals surface area (Å²) in [5.74, 6) is 1.47. The lowest BCUT2D eigenvalue weighted by atomic mass is 9.84. The Kier molecular flexibility index (Phi) is 11.4. The zero-order valence-electron chi connectivity index (χ0n) is 25.0. The van der Waals surface area contributed by atoms with E-state index in [4.69, 9.17) is 28.4 Å². The van der Waals surface area contributed by atoms with E-state index in [1.165, 1.54) is 0 Å². The molecule has 232 valence electrons. The molecule has 8 heteroatoms. The molecule has 0 amide bonds. The molecule has 0 saturated heterocycles. The van der Waals surface area contributed by atoms with Crippen LogP contribution in [0.15, 0.2) is 109 Å². The monoisotopic (exact) mass is 600 g/mol. The van der Waals surface area contributed by atoms with E-state index >= 15 is 0 Å². The summed E-state index contributed by atoms with van der Waals surface area (Å²) in [4.78, 5) is 0. The number of methoxy groups -OCH3 is 2. The Hall–Kier alpha value is -3.76. The second kappa shape index (κ2) is 15.8. The van der Waals surface area contributed by atoms with Gasteiger partial charge in [0.05, 0.1) is 40.6 Å². The quantitative estimate of drug-likeness (QED) is 0.207. The summed E-state index contributed by atoms with van der Waals surface area (Å²) in [6, 6.07) is 34.5. The summed E-state index contributed by atoms with van der Waals surface area (Å²) in [6.45, 7) is 0.883. The van der Waals surface area contributed by atoms with Gasteiger partial charge in [-0.15, -0.1) is 0 Å². The van der Waals surface area contributed by atoms with Crippen LogP contribution < -0.4 is 9.47 Å². The minimum Gasteiger partial charge on any atom is -0.497 e. The number of aliphatic hydroxyl groups is 2. The van der Waals surface area contributed by atoms with E-state index in [0.717, 1.165) is 33.8 Å². The molecule has 0 heterocycles. The van der Waals surface area contributed by atoms with Gasteiger partial charge in [0.15, 0.2) is 0 Å². The molecule has 5 rings (SSSR count). The van der Waals surface area contributed by atoms with Crippen LogP contribution >= 0.6 is 0 Å². The Balaban J connectivity index is 1.42. The highest BCUT2D eigenvalue weighted by Crippen LogP contribution is 2.33. The van der Waals surface area contributed by atoms with Gasteiger partial charge in [0.25, 0.3) is 0 Å². The van der Waals surface area contributed by atoms with Crippen molar-refractivity contribution >= 4 is 0 Å². The van der Waals surface area contributed by atoms with Gasteiger partial charge in [0, 0.05) is 0 Å². The smallest absolute Gasteiger partial charge is 0.118 e. The fourth-order valence-electron chi connectivity index (χ4n) is 5.28. The fourth-order valence-corrected chi connectivity index (χ4v) is 5.28. The molecule has 1 aliphatic rings. The number of hydrogen-bond acceptors (Lipinski definition) is 8. The van der Waals surface area contributed by atoms with Crippen molar-refractivity contribution < 1.29 is 38.6 Å². The normalized spacial score (nSPS) is 23.3. The van der Waals surface area contributed by atoms with E-state index in [1.54, 1.807) is 14.2 Å². The van der Waals surface area contributed by atoms with Gasteiger partial charge in [-0.05, 0) is 46.5 Å². The Labute approximate surface area is 258 Å². The van der Waals surface area contributed by atoms with Gasteiger partial charge in [-0.1, -0.05) is 84.9 Å². The molecular formula is C36H40O8. The summed E-state index contributed by atoms with van der Waals surface area (Å²) >= 11 is 0. The second-order valence-electron chi connectivity index (χ2n) is 10.8. The molecule has 4 aromatic rings. The van der Waals surface area contributed by atoms with Crippen LogP contribution in [-0.4, -0.2) is 61.1 Å². The first-order chi connectivity index (χ1) is 21.6. The van der Waals surface area contributed by atoms with E-state index in [1.807, 2.05) is 109 Å². The van der Waals surface area contributed by atoms with E-state index in [0.29, 0.717) is 0 Å². The minimum absolute atomic E-state index is 0.182. The van der Waals surface area contributed by atoms with Gasteiger partial charge < -0.3 is 38.6 Å². The largest absolute Gasteiger partial charge is 0.497 e. The van der Waals surface area contributed by atoms with Crippen LogP contribution in [0.4, 0.5) is 0 Å². The third kappa shape index (κ3) is 8.24. The van der Waals surface area contributed by atoms with E-state index in [2.05, 4.69) is 0 Å². The van der Waals surface area contributed by atoms with Crippen LogP contribution in [0.2, 0.25) is 0 Å². The summed E-state index contributed by atoms with van der Waals surface area (Å²) in [5, 5.41) is 22.9. The molecule has 1 aliphatic carbocycles. The third-order valence-electron chi connectivity index (χ3n) is 7.77. The predicted octanol–water partition coefficient (Wildman–Crippen LogP) is 5.08. The Morgan fingerprint density at radius 2 is 0.705 bits per heavy atom. The summed E-state index contributed by atoms with van der Waals surface area (Å²) in [6.07, 6.45) is -5.94. The maximum absolute atomic E-state index is 11.5. The van der Waals surface area contributed by atoms with Crippen molar-refractivity contribution in [2.75, 3.05) is 14.2 Å². The van der Waals surface area contributed by atoms with Crippen LogP contribution in [0.1, 0.15) is 22.3 Å². The van der Waals surface area contributed by atoms with Crippen molar-refractivity contribution in [2.24, 2.45) is 0 Å². The van der Waals surface area contributed by atoms with Crippen molar-refractivity contribution in [1.29, 1.82) is 0 Å². The number of aliphatic hydroxyl groups excluding tert-OH is 2. The van der Waals surface area contributed by atoms with Crippen LogP contribution in [-0.2, 0) is 45.4 Å². The first-order valence-electron chi connectivity index (χ1n) is 14.7. The van der Waals surface area contributed by atoms with E-state index < -0.39 is 36.6 Å². The number of benzene rings is 4. The zero-order chi connectivity index (χ0) is 30.7. The van der Waals surface area contributed by atoms with Gasteiger partial charge in [-0.25, -0.2) is 0 Å². The Bertz CT molecular complexity index is 1380. The van der Waals surface area contributed by atoms with Gasteiger partial charge >= 0.3 is 0 Å². The average molecular weight is 601 g/mol. The lowest BCUT2D eigenvalue weighted by molar-refractivity contribution is -0.273. The standard InChI is InChI=1S/C36H40O8/c1-39-29-17-13-27(14-18-29)23-42-34-32(38)31(37)33(41-21-25-9-5-3-6-10-25)35(43-22-26-11-7-4-8-12-26)36(34)44-24-28-15-19-30(40-2)20-16-28/h3-20,31-38H,21-24H2,1-2H3/t31-,32+,33+,34+,35-,36-/m1/s1. The van der Waals surface area contributed by atoms with Crippen LogP contribution in [0.5, 0.6) is 11.5 Å². The first-order valence-corrected chi connectivity index (χ1v) is 14.7. The molecule has 0 spiro atoms. The third-order valence-corrected chi connectivity index (χ3v) is 7.77. The van der Waals surface area contributed by atoms with Gasteiger partial charge in [-0.3, -0.25) is 0 Å². The molecule has 0 unspecified atom stereocenters. The highest BCUT2D eigenvalue weighted by Gasteiger charge is 2.52. The summed E-state index contributed by atoms with van der Waals surface area (Å²) in [5.41, 5.74) is 3.68. The summed E-state index contributed by atoms with van der Waals surface area (Å²) < 4.78 is 36.2. The molecule has 0 aliphatic heterocycles. The average Bonchev–Trinajstić information content (AvgIpc) is 3.08. The molecule has 2 N–H and O–H groups in total. The van der Waals surface area contributed by atoms with Gasteiger partial charge in [-0.2, -0.15) is 0 Å². The topological polar surface area (TPSA) is 95.8 Å². The van der Waals surface area contributed by atoms with Crippen LogP contribution in [0.25, 0.3) is 0 Å². The van der Waals surface area contributed by atoms with Crippen LogP contribution in [0.3, 0.4) is 0 Å². The molecular weight excluding hydrogens is 560 g/mol. The first kappa shape index (κ1) is 31.7. The molecule has 0 radical (unpaired) electrons. The molecule has 44 heavy (non-hydrogen) atoms. The lowest BCUT2D eigenvalue weighted by Crippen LogP contribution is -2.66. The maximum Gasteiger partial charge on any atom is 0.118 e. The van der Waals surface area contributed by atoms with Crippen molar-refractivity contribution in [3.63, 3.8) is 0 Å². The van der Waals surface area contributed by atoms with Crippen LogP contribution in [0, 0.1) is 0 Å². The Morgan fingerprint density at radius 1 is 0.409 bits per heavy atom. The lowest BCUT2D eigenvalue weighted by Gasteiger charge is -2.47. The molecule has 8 nitrogen and oxygen atoms in total. The second-order valence-corrected chi connectivity index (χ2v) is 10.8. The molecule has 0 aromatic heterocycles. The van der Waals surface area contributed by atoms with Crippen molar-refractivity contribution in [3.8, 4) is 11.5 Å². The predicted molar refractivity (Wildman–Crippen MR) is 165 cm³/mol. The van der Waals surface area contributed by atoms with Gasteiger partial charge in [0.1, 0.15) is 48.1 Å². The highest BCUT2D eigenvalue weighted by molar-refractivity contribution is 5.27. The number of ether oxygens (including phenoxy) is 6. The Morgan fingerprint density at radius 3 is 1.02 bits per heavy atom. The molecule has 1 saturated carbocycles. The number of rotatable bonds is 14. The highest BCUT2D eigenvalue weighted by atomic mass is 16.6. The maximum atomic E-state index is 11.5. The van der Waals surface area contributed by atoms with E-state index in [-0.39, 0.29) is 26.4 Å². The molecule has 1 fully saturated rings. The SMILES string of the molecule is COc1ccc(CO[C@H]2[C@H](OCc3ccccc3)[C@@H](OCc3ccccc3)[C@H](O)[C@H](O)[C@@H]2OCc2ccc(OC)cc2)cc1. The van der Waals surface area contributed by atoms with E-state index in [9.17, 15) is 10.2 Å². The molecule has 0 bridgehead atoms. The fraction of sp³-hybridized carbons (Fsp3) is 0.333. The van der Waals surface area contributed by atoms with Crippen molar-refractivity contribution in [2.45, 2.75) is 63.1 Å². The van der Waals surface area contributed by atoms with Crippen molar-refractivity contribution in [3.05, 3.63) is 131 Å². The molecule has 4 aromatic carbocycles. The molecule has 6 atom stereocenters. The van der Waals surface area contributed by atoms with Crippen molar-refractivity contribution in [1.82, 2.24) is 0 Å². The van der Waals surface area contributed by atoms with Gasteiger partial charge in [0.2, 0.25) is 0 Å². The summed E-state index contributed by atoms with van der Waals surface area (Å²) in [7, 11) is 3.23. The number of hydrogen-bond donors (Lipinski definition) is 2. The zero-order valence-corrected chi connectivity index (χ0v) is 25.0. The minimum atomic E-state index is -1.30.